The van der Waals surface area contributed by atoms with Gasteiger partial charge in [-0.3, -0.25) is 4.79 Å². The minimum absolute atomic E-state index is 0.00790. The van der Waals surface area contributed by atoms with Crippen molar-refractivity contribution in [2.45, 2.75) is 132 Å². The smallest absolute Gasteiger partial charge is 0.315 e. The van der Waals surface area contributed by atoms with E-state index in [9.17, 15) is 15.0 Å². The zero-order valence-corrected chi connectivity index (χ0v) is 27.6. The van der Waals surface area contributed by atoms with E-state index in [0.717, 1.165) is 51.4 Å². The fraction of sp³-hybridized carbons (Fsp3) is 0.917. The van der Waals surface area contributed by atoms with Crippen molar-refractivity contribution >= 4 is 5.97 Å². The van der Waals surface area contributed by atoms with Gasteiger partial charge >= 0.3 is 5.97 Å². The molecule has 4 fully saturated rings. The maximum Gasteiger partial charge on any atom is 0.315 e. The van der Waals surface area contributed by atoms with Crippen LogP contribution in [-0.2, 0) is 14.3 Å². The highest BCUT2D eigenvalue weighted by molar-refractivity contribution is 5.79. The number of esters is 1. The topological polar surface area (TPSA) is 76.0 Å². The number of aliphatic hydroxyl groups excluding tert-OH is 2. The van der Waals surface area contributed by atoms with Gasteiger partial charge in [0.1, 0.15) is 5.41 Å². The van der Waals surface area contributed by atoms with Crippen LogP contribution in [0.2, 0.25) is 0 Å². The van der Waals surface area contributed by atoms with Crippen LogP contribution in [0, 0.1) is 56.2 Å². The summed E-state index contributed by atoms with van der Waals surface area (Å²) in [5.41, 5.74) is 0.376. The SMILES string of the molecule is CCC(C)COC(=O)C12CCC(C)(C)CC1C1=CCC3C4(C)CCC(OC)C(C)(CO)C4CCC3(C)C1(C)CC2O. The highest BCUT2D eigenvalue weighted by Crippen LogP contribution is 2.76. The molecule has 5 aliphatic rings. The number of ether oxygens (including phenoxy) is 2. The van der Waals surface area contributed by atoms with Crippen LogP contribution in [0.3, 0.4) is 0 Å². The van der Waals surface area contributed by atoms with Crippen molar-refractivity contribution in [1.82, 2.24) is 0 Å². The van der Waals surface area contributed by atoms with E-state index in [1.165, 1.54) is 5.57 Å². The van der Waals surface area contributed by atoms with E-state index in [4.69, 9.17) is 9.47 Å². The molecule has 0 spiro atoms. The first-order chi connectivity index (χ1) is 19.1. The number of aliphatic hydroxyl groups is 2. The van der Waals surface area contributed by atoms with Crippen LogP contribution in [-0.4, -0.2) is 48.7 Å². The third-order valence-electron chi connectivity index (χ3n) is 14.6. The predicted molar refractivity (Wildman–Crippen MR) is 163 cm³/mol. The summed E-state index contributed by atoms with van der Waals surface area (Å²) in [6.07, 6.45) is 11.3. The zero-order valence-electron chi connectivity index (χ0n) is 27.6. The van der Waals surface area contributed by atoms with E-state index in [0.29, 0.717) is 37.2 Å². The van der Waals surface area contributed by atoms with Gasteiger partial charge in [0.2, 0.25) is 0 Å². The Balaban J connectivity index is 1.57. The number of rotatable bonds is 6. The summed E-state index contributed by atoms with van der Waals surface area (Å²) in [4.78, 5) is 14.1. The Labute approximate surface area is 250 Å². The summed E-state index contributed by atoms with van der Waals surface area (Å²) in [7, 11) is 1.81. The van der Waals surface area contributed by atoms with Gasteiger partial charge in [0, 0.05) is 12.5 Å². The molecule has 0 radical (unpaired) electrons. The number of hydrogen-bond acceptors (Lipinski definition) is 5. The van der Waals surface area contributed by atoms with Gasteiger partial charge in [-0.1, -0.05) is 73.5 Å². The molecule has 0 aromatic rings. The van der Waals surface area contributed by atoms with Crippen LogP contribution in [0.25, 0.3) is 0 Å². The minimum Gasteiger partial charge on any atom is -0.465 e. The standard InChI is InChI=1S/C36H60O5/c1-10-23(2)21-41-30(39)36-18-17-31(3,4)19-25(36)24-11-12-27-32(5)15-14-29(40-9)33(6,22-37)26(32)13-16-34(27,7)35(24,8)20-28(36)38/h11,23,25-29,37-38H,10,12-22H2,1-9H3. The number of allylic oxidation sites excluding steroid dienone is 2. The van der Waals surface area contributed by atoms with Crippen LogP contribution < -0.4 is 0 Å². The summed E-state index contributed by atoms with van der Waals surface area (Å²) in [5.74, 6) is 1.03. The Hall–Kier alpha value is -0.910. The molecule has 4 saturated carbocycles. The molecule has 0 aromatic carbocycles. The van der Waals surface area contributed by atoms with Crippen LogP contribution >= 0.6 is 0 Å². The minimum atomic E-state index is -0.843. The van der Waals surface area contributed by atoms with Gasteiger partial charge in [0.25, 0.3) is 0 Å². The molecule has 5 nitrogen and oxygen atoms in total. The number of carbonyl (C=O) groups is 1. The Morgan fingerprint density at radius 3 is 2.37 bits per heavy atom. The fourth-order valence-corrected chi connectivity index (χ4v) is 11.6. The van der Waals surface area contributed by atoms with E-state index in [2.05, 4.69) is 61.5 Å². The van der Waals surface area contributed by atoms with Gasteiger partial charge in [-0.05, 0) is 103 Å². The average molecular weight is 573 g/mol. The van der Waals surface area contributed by atoms with Gasteiger partial charge in [-0.15, -0.1) is 0 Å². The van der Waals surface area contributed by atoms with Gasteiger partial charge in [-0.25, -0.2) is 0 Å². The zero-order chi connectivity index (χ0) is 30.2. The van der Waals surface area contributed by atoms with Crippen LogP contribution in [0.1, 0.15) is 120 Å². The molecular formula is C36H60O5. The largest absolute Gasteiger partial charge is 0.465 e. The van der Waals surface area contributed by atoms with Gasteiger partial charge in [0.05, 0.1) is 25.4 Å². The van der Waals surface area contributed by atoms with Gasteiger partial charge in [0.15, 0.2) is 0 Å². The Kier molecular flexibility index (Phi) is 7.94. The molecule has 11 unspecified atom stereocenters. The Morgan fingerprint density at radius 2 is 1.73 bits per heavy atom. The van der Waals surface area contributed by atoms with Crippen molar-refractivity contribution in [2.24, 2.45) is 56.2 Å². The molecular weight excluding hydrogens is 512 g/mol. The number of fused-ring (bicyclic) bond motifs is 7. The predicted octanol–water partition coefficient (Wildman–Crippen LogP) is 7.34. The quantitative estimate of drug-likeness (QED) is 0.257. The maximum absolute atomic E-state index is 14.1. The van der Waals surface area contributed by atoms with Crippen molar-refractivity contribution in [1.29, 1.82) is 0 Å². The number of carbonyl (C=O) groups excluding carboxylic acids is 1. The van der Waals surface area contributed by atoms with Gasteiger partial charge in [-0.2, -0.15) is 0 Å². The average Bonchev–Trinajstić information content (AvgIpc) is 2.91. The lowest BCUT2D eigenvalue weighted by Crippen LogP contribution is -2.68. The fourth-order valence-electron chi connectivity index (χ4n) is 11.6. The molecule has 5 aliphatic carbocycles. The van der Waals surface area contributed by atoms with E-state index in [-0.39, 0.29) is 51.7 Å². The van der Waals surface area contributed by atoms with E-state index in [1.807, 2.05) is 0 Å². The van der Waals surface area contributed by atoms with Crippen molar-refractivity contribution in [3.63, 3.8) is 0 Å². The highest BCUT2D eigenvalue weighted by Gasteiger charge is 2.71. The second kappa shape index (κ2) is 10.3. The summed E-state index contributed by atoms with van der Waals surface area (Å²) < 4.78 is 12.0. The molecule has 0 aromatic heterocycles. The third-order valence-corrected chi connectivity index (χ3v) is 14.6. The maximum atomic E-state index is 14.1. The first-order valence-electron chi connectivity index (χ1n) is 16.8. The number of methoxy groups -OCH3 is 1. The molecule has 0 saturated heterocycles. The van der Waals surface area contributed by atoms with E-state index < -0.39 is 11.5 Å². The molecule has 0 amide bonds. The first kappa shape index (κ1) is 31.5. The van der Waals surface area contributed by atoms with E-state index in [1.54, 1.807) is 7.11 Å². The van der Waals surface area contributed by atoms with Crippen LogP contribution in [0.15, 0.2) is 11.6 Å². The molecule has 41 heavy (non-hydrogen) atoms. The first-order valence-corrected chi connectivity index (χ1v) is 16.8. The molecule has 0 bridgehead atoms. The van der Waals surface area contributed by atoms with Gasteiger partial charge < -0.3 is 19.7 Å². The van der Waals surface area contributed by atoms with Crippen molar-refractivity contribution < 1.29 is 24.5 Å². The third kappa shape index (κ3) is 4.28. The molecule has 234 valence electrons. The lowest BCUT2D eigenvalue weighted by molar-refractivity contribution is -0.230. The molecule has 0 heterocycles. The summed E-state index contributed by atoms with van der Waals surface area (Å²) in [6.45, 7) is 19.2. The highest BCUT2D eigenvalue weighted by atomic mass is 16.5. The van der Waals surface area contributed by atoms with Crippen molar-refractivity contribution in [3.05, 3.63) is 11.6 Å². The Bertz CT molecular complexity index is 1050. The lowest BCUT2D eigenvalue weighted by Gasteiger charge is -2.71. The summed E-state index contributed by atoms with van der Waals surface area (Å²) in [5, 5.41) is 23.0. The summed E-state index contributed by atoms with van der Waals surface area (Å²) in [6, 6.07) is 0. The lowest BCUT2D eigenvalue weighted by atomic mass is 9.33. The second-order valence-electron chi connectivity index (χ2n) is 17.0. The molecule has 5 heteroatoms. The molecule has 5 rings (SSSR count). The molecule has 2 N–H and O–H groups in total. The monoisotopic (exact) mass is 572 g/mol. The summed E-state index contributed by atoms with van der Waals surface area (Å²) >= 11 is 0. The number of hydrogen-bond donors (Lipinski definition) is 2. The van der Waals surface area contributed by atoms with Crippen molar-refractivity contribution in [3.8, 4) is 0 Å². The Morgan fingerprint density at radius 1 is 1.02 bits per heavy atom. The normalized spacial score (nSPS) is 49.4. The van der Waals surface area contributed by atoms with Crippen LogP contribution in [0.4, 0.5) is 0 Å². The van der Waals surface area contributed by atoms with Crippen LogP contribution in [0.5, 0.6) is 0 Å². The van der Waals surface area contributed by atoms with Crippen molar-refractivity contribution in [2.75, 3.05) is 20.3 Å². The molecule has 11 atom stereocenters. The second-order valence-corrected chi connectivity index (χ2v) is 17.0. The molecule has 0 aliphatic heterocycles. The van der Waals surface area contributed by atoms with E-state index >= 15 is 0 Å².